The molecule has 0 spiro atoms. The summed E-state index contributed by atoms with van der Waals surface area (Å²) >= 11 is 0. The summed E-state index contributed by atoms with van der Waals surface area (Å²) in [7, 11) is 0. The summed E-state index contributed by atoms with van der Waals surface area (Å²) in [6.45, 7) is 1.36. The van der Waals surface area contributed by atoms with Crippen molar-refractivity contribution in [2.24, 2.45) is 0 Å². The lowest BCUT2D eigenvalue weighted by atomic mass is 10.1. The SMILES string of the molecule is Cc1ccc2oc(CN(Cc3cc(F)ccc3F)C(=O)c3ccc(F)c(F)c3)nc2c1. The highest BCUT2D eigenvalue weighted by molar-refractivity contribution is 5.94. The molecule has 0 aliphatic rings. The monoisotopic (exact) mass is 428 g/mol. The molecule has 158 valence electrons. The third-order valence-electron chi connectivity index (χ3n) is 4.74. The number of aromatic nitrogens is 1. The van der Waals surface area contributed by atoms with Gasteiger partial charge in [0.2, 0.25) is 5.89 Å². The molecule has 4 nitrogen and oxygen atoms in total. The average molecular weight is 428 g/mol. The lowest BCUT2D eigenvalue weighted by Gasteiger charge is -2.22. The molecule has 8 heteroatoms. The van der Waals surface area contributed by atoms with Crippen molar-refractivity contribution in [3.63, 3.8) is 0 Å². The Bertz CT molecular complexity index is 1290. The smallest absolute Gasteiger partial charge is 0.254 e. The van der Waals surface area contributed by atoms with Crippen molar-refractivity contribution in [2.45, 2.75) is 20.0 Å². The summed E-state index contributed by atoms with van der Waals surface area (Å²) in [4.78, 5) is 18.5. The number of hydrogen-bond acceptors (Lipinski definition) is 3. The highest BCUT2D eigenvalue weighted by Gasteiger charge is 2.22. The quantitative estimate of drug-likeness (QED) is 0.393. The van der Waals surface area contributed by atoms with E-state index < -0.39 is 29.2 Å². The summed E-state index contributed by atoms with van der Waals surface area (Å²) in [6.07, 6.45) is 0. The van der Waals surface area contributed by atoms with E-state index in [2.05, 4.69) is 4.98 Å². The molecule has 3 aromatic carbocycles. The van der Waals surface area contributed by atoms with Gasteiger partial charge in [-0.1, -0.05) is 6.07 Å². The molecule has 0 aliphatic carbocycles. The fraction of sp³-hybridized carbons (Fsp3) is 0.130. The molecule has 0 aliphatic heterocycles. The molecule has 0 saturated carbocycles. The summed E-state index contributed by atoms with van der Waals surface area (Å²) in [5.41, 5.74) is 1.80. The van der Waals surface area contributed by atoms with E-state index in [-0.39, 0.29) is 30.1 Å². The van der Waals surface area contributed by atoms with Crippen LogP contribution in [-0.2, 0) is 13.1 Å². The van der Waals surface area contributed by atoms with Gasteiger partial charge in [0.25, 0.3) is 5.91 Å². The molecule has 0 fully saturated rings. The van der Waals surface area contributed by atoms with Crippen LogP contribution in [-0.4, -0.2) is 15.8 Å². The van der Waals surface area contributed by atoms with Crippen molar-refractivity contribution in [3.8, 4) is 0 Å². The van der Waals surface area contributed by atoms with Crippen LogP contribution in [0, 0.1) is 30.2 Å². The van der Waals surface area contributed by atoms with Crippen molar-refractivity contribution in [1.29, 1.82) is 0 Å². The van der Waals surface area contributed by atoms with Crippen LogP contribution in [0.2, 0.25) is 0 Å². The molecule has 0 saturated heterocycles. The number of rotatable bonds is 5. The predicted molar refractivity (Wildman–Crippen MR) is 105 cm³/mol. The Morgan fingerprint density at radius 1 is 0.903 bits per heavy atom. The normalized spacial score (nSPS) is 11.1. The number of fused-ring (bicyclic) bond motifs is 1. The van der Waals surface area contributed by atoms with Gasteiger partial charge in [-0.15, -0.1) is 0 Å². The number of aryl methyl sites for hydroxylation is 1. The lowest BCUT2D eigenvalue weighted by Crippen LogP contribution is -2.31. The summed E-state index contributed by atoms with van der Waals surface area (Å²) in [6, 6.07) is 10.9. The standard InChI is InChI=1S/C23H16F4N2O2/c1-13-2-7-21-20(8-13)28-22(31-21)12-29(11-15-9-16(24)4-6-17(15)25)23(30)14-3-5-18(26)19(27)10-14/h2-10H,11-12H2,1H3. The molecule has 0 unspecified atom stereocenters. The van der Waals surface area contributed by atoms with Gasteiger partial charge in [-0.2, -0.15) is 0 Å². The number of hydrogen-bond donors (Lipinski definition) is 0. The average Bonchev–Trinajstić information content (AvgIpc) is 3.13. The van der Waals surface area contributed by atoms with Gasteiger partial charge in [-0.25, -0.2) is 22.5 Å². The van der Waals surface area contributed by atoms with Crippen LogP contribution < -0.4 is 0 Å². The van der Waals surface area contributed by atoms with Crippen LogP contribution in [0.5, 0.6) is 0 Å². The first-order chi connectivity index (χ1) is 14.8. The van der Waals surface area contributed by atoms with E-state index in [4.69, 9.17) is 4.42 Å². The maximum Gasteiger partial charge on any atom is 0.254 e. The first kappa shape index (κ1) is 20.6. The minimum Gasteiger partial charge on any atom is -0.439 e. The molecule has 31 heavy (non-hydrogen) atoms. The van der Waals surface area contributed by atoms with Gasteiger partial charge in [0.15, 0.2) is 17.2 Å². The van der Waals surface area contributed by atoms with Gasteiger partial charge in [0, 0.05) is 17.7 Å². The first-order valence-corrected chi connectivity index (χ1v) is 9.34. The lowest BCUT2D eigenvalue weighted by molar-refractivity contribution is 0.0712. The minimum atomic E-state index is -1.19. The Morgan fingerprint density at radius 2 is 1.68 bits per heavy atom. The Hall–Kier alpha value is -3.68. The van der Waals surface area contributed by atoms with Crippen molar-refractivity contribution >= 4 is 17.0 Å². The maximum absolute atomic E-state index is 14.2. The van der Waals surface area contributed by atoms with E-state index in [0.29, 0.717) is 11.1 Å². The summed E-state index contributed by atoms with van der Waals surface area (Å²) in [5.74, 6) is -4.24. The van der Waals surface area contributed by atoms with E-state index >= 15 is 0 Å². The maximum atomic E-state index is 14.2. The van der Waals surface area contributed by atoms with Gasteiger partial charge in [-0.3, -0.25) is 4.79 Å². The zero-order valence-electron chi connectivity index (χ0n) is 16.3. The molecule has 0 atom stereocenters. The molecule has 4 aromatic rings. The van der Waals surface area contributed by atoms with E-state index in [1.807, 2.05) is 13.0 Å². The molecule has 1 heterocycles. The van der Waals surface area contributed by atoms with Crippen LogP contribution >= 0.6 is 0 Å². The molecule has 4 rings (SSSR count). The van der Waals surface area contributed by atoms with Crippen molar-refractivity contribution in [2.75, 3.05) is 0 Å². The number of carbonyl (C=O) groups excluding carboxylic acids is 1. The van der Waals surface area contributed by atoms with Crippen molar-refractivity contribution < 1.29 is 26.8 Å². The van der Waals surface area contributed by atoms with E-state index in [0.717, 1.165) is 46.9 Å². The third kappa shape index (κ3) is 4.42. The summed E-state index contributed by atoms with van der Waals surface area (Å²) in [5, 5.41) is 0. The number of nitrogens with zero attached hydrogens (tertiary/aromatic N) is 2. The molecular formula is C23H16F4N2O2. The van der Waals surface area contributed by atoms with E-state index in [9.17, 15) is 22.4 Å². The van der Waals surface area contributed by atoms with Crippen LogP contribution in [0.1, 0.15) is 27.4 Å². The highest BCUT2D eigenvalue weighted by atomic mass is 19.2. The molecular weight excluding hydrogens is 412 g/mol. The molecule has 0 radical (unpaired) electrons. The van der Waals surface area contributed by atoms with Gasteiger partial charge in [-0.05, 0) is 61.0 Å². The summed E-state index contributed by atoms with van der Waals surface area (Å²) < 4.78 is 60.5. The highest BCUT2D eigenvalue weighted by Crippen LogP contribution is 2.22. The topological polar surface area (TPSA) is 46.3 Å². The second-order valence-corrected chi connectivity index (χ2v) is 7.10. The van der Waals surface area contributed by atoms with Crippen LogP contribution in [0.25, 0.3) is 11.1 Å². The Morgan fingerprint density at radius 3 is 2.45 bits per heavy atom. The zero-order chi connectivity index (χ0) is 22.1. The Labute approximate surface area is 174 Å². The van der Waals surface area contributed by atoms with Gasteiger partial charge in [0.05, 0.1) is 6.54 Å². The van der Waals surface area contributed by atoms with Crippen LogP contribution in [0.3, 0.4) is 0 Å². The van der Waals surface area contributed by atoms with E-state index in [1.54, 1.807) is 12.1 Å². The Kier molecular flexibility index (Phi) is 5.46. The number of amides is 1. The second-order valence-electron chi connectivity index (χ2n) is 7.10. The van der Waals surface area contributed by atoms with Crippen molar-refractivity contribution in [3.05, 3.63) is 100 Å². The van der Waals surface area contributed by atoms with Crippen LogP contribution in [0.15, 0.2) is 59.0 Å². The second kappa shape index (κ2) is 8.22. The van der Waals surface area contributed by atoms with E-state index in [1.165, 1.54) is 0 Å². The fourth-order valence-corrected chi connectivity index (χ4v) is 3.20. The predicted octanol–water partition coefficient (Wildman–Crippen LogP) is 5.54. The van der Waals surface area contributed by atoms with Crippen LogP contribution in [0.4, 0.5) is 17.6 Å². The largest absolute Gasteiger partial charge is 0.439 e. The third-order valence-corrected chi connectivity index (χ3v) is 4.74. The molecule has 1 aromatic heterocycles. The van der Waals surface area contributed by atoms with Gasteiger partial charge < -0.3 is 9.32 Å². The molecule has 0 bridgehead atoms. The fourth-order valence-electron chi connectivity index (χ4n) is 3.20. The first-order valence-electron chi connectivity index (χ1n) is 9.34. The number of halogens is 4. The van der Waals surface area contributed by atoms with Gasteiger partial charge >= 0.3 is 0 Å². The zero-order valence-corrected chi connectivity index (χ0v) is 16.3. The number of carbonyl (C=O) groups is 1. The Balaban J connectivity index is 1.70. The molecule has 0 N–H and O–H groups in total. The minimum absolute atomic E-state index is 0.0807. The number of benzene rings is 3. The van der Waals surface area contributed by atoms with Crippen molar-refractivity contribution in [1.82, 2.24) is 9.88 Å². The molecule has 1 amide bonds. The van der Waals surface area contributed by atoms with Gasteiger partial charge in [0.1, 0.15) is 17.2 Å². The number of oxazole rings is 1.